The van der Waals surface area contributed by atoms with Crippen molar-refractivity contribution in [2.45, 2.75) is 23.1 Å². The third-order valence-electron chi connectivity index (χ3n) is 3.86. The number of hydrogen-bond donors (Lipinski definition) is 1. The Morgan fingerprint density at radius 2 is 1.69 bits per heavy atom. The van der Waals surface area contributed by atoms with Crippen LogP contribution in [-0.4, -0.2) is 12.6 Å². The Bertz CT molecular complexity index is 891. The van der Waals surface area contributed by atoms with E-state index in [1.807, 2.05) is 49.4 Å². The molecule has 3 aromatic rings. The second kappa shape index (κ2) is 8.59. The summed E-state index contributed by atoms with van der Waals surface area (Å²) >= 11 is 1.67. The van der Waals surface area contributed by atoms with E-state index in [9.17, 15) is 4.79 Å². The van der Waals surface area contributed by atoms with E-state index in [1.54, 1.807) is 11.8 Å². The van der Waals surface area contributed by atoms with Gasteiger partial charge in [-0.15, -0.1) is 0 Å². The number of hydrogen-bond acceptors (Lipinski definition) is 4. The third-order valence-corrected chi connectivity index (χ3v) is 4.86. The molecule has 132 valence electrons. The number of rotatable bonds is 6. The molecule has 0 saturated heterocycles. The van der Waals surface area contributed by atoms with E-state index in [0.717, 1.165) is 32.2 Å². The number of benzene rings is 3. The summed E-state index contributed by atoms with van der Waals surface area (Å²) in [6, 6.07) is 24.3. The molecule has 0 aromatic heterocycles. The number of nitrogens with two attached hydrogens (primary N) is 1. The highest BCUT2D eigenvalue weighted by Crippen LogP contribution is 2.30. The monoisotopic (exact) mass is 363 g/mol. The first-order valence-electron chi connectivity index (χ1n) is 8.52. The fourth-order valence-corrected chi connectivity index (χ4v) is 3.57. The molecule has 0 fully saturated rings. The van der Waals surface area contributed by atoms with E-state index < -0.39 is 0 Å². The highest BCUT2D eigenvalue weighted by atomic mass is 32.2. The third kappa shape index (κ3) is 4.90. The lowest BCUT2D eigenvalue weighted by Crippen LogP contribution is -2.07. The lowest BCUT2D eigenvalue weighted by Gasteiger charge is -2.07. The van der Waals surface area contributed by atoms with Crippen LogP contribution in [0.1, 0.15) is 12.5 Å². The first-order valence-corrected chi connectivity index (χ1v) is 9.34. The van der Waals surface area contributed by atoms with Crippen LogP contribution in [0.3, 0.4) is 0 Å². The van der Waals surface area contributed by atoms with E-state index in [4.69, 9.17) is 10.5 Å². The van der Waals surface area contributed by atoms with Crippen LogP contribution in [0.4, 0.5) is 5.69 Å². The fourth-order valence-electron chi connectivity index (χ4n) is 2.67. The summed E-state index contributed by atoms with van der Waals surface area (Å²) in [7, 11) is 0. The van der Waals surface area contributed by atoms with Crippen LogP contribution in [0.15, 0.2) is 82.6 Å². The summed E-state index contributed by atoms with van der Waals surface area (Å²) in [4.78, 5) is 13.9. The number of anilines is 1. The van der Waals surface area contributed by atoms with Gasteiger partial charge in [-0.25, -0.2) is 0 Å². The van der Waals surface area contributed by atoms with E-state index in [0.29, 0.717) is 13.0 Å². The largest absolute Gasteiger partial charge is 0.466 e. The van der Waals surface area contributed by atoms with Gasteiger partial charge in [-0.05, 0) is 60.0 Å². The topological polar surface area (TPSA) is 52.3 Å². The van der Waals surface area contributed by atoms with Crippen molar-refractivity contribution in [1.29, 1.82) is 0 Å². The van der Waals surface area contributed by atoms with Gasteiger partial charge in [-0.1, -0.05) is 48.2 Å². The van der Waals surface area contributed by atoms with Crippen molar-refractivity contribution in [1.82, 2.24) is 0 Å². The van der Waals surface area contributed by atoms with Gasteiger partial charge in [0.1, 0.15) is 0 Å². The van der Waals surface area contributed by atoms with Gasteiger partial charge in [0.25, 0.3) is 0 Å². The van der Waals surface area contributed by atoms with Gasteiger partial charge >= 0.3 is 5.97 Å². The average molecular weight is 363 g/mol. The number of esters is 1. The van der Waals surface area contributed by atoms with Crippen LogP contribution in [0, 0.1) is 0 Å². The quantitative estimate of drug-likeness (QED) is 0.483. The molecule has 0 atom stereocenters. The molecule has 4 heteroatoms. The van der Waals surface area contributed by atoms with E-state index >= 15 is 0 Å². The number of carbonyl (C=O) groups excluding carboxylic acids is 1. The molecule has 0 bridgehead atoms. The molecular weight excluding hydrogens is 342 g/mol. The minimum atomic E-state index is -0.193. The Labute approximate surface area is 158 Å². The molecule has 0 spiro atoms. The van der Waals surface area contributed by atoms with Gasteiger partial charge in [-0.2, -0.15) is 0 Å². The van der Waals surface area contributed by atoms with Crippen molar-refractivity contribution in [3.63, 3.8) is 0 Å². The maximum absolute atomic E-state index is 11.6. The number of carbonyl (C=O) groups is 1. The Morgan fingerprint density at radius 3 is 2.42 bits per heavy atom. The normalized spacial score (nSPS) is 10.5. The Hall–Kier alpha value is -2.72. The summed E-state index contributed by atoms with van der Waals surface area (Å²) in [5.41, 5.74) is 9.83. The molecule has 3 aromatic carbocycles. The molecule has 0 unspecified atom stereocenters. The van der Waals surface area contributed by atoms with Crippen molar-refractivity contribution in [2.75, 3.05) is 12.3 Å². The molecule has 0 aliphatic heterocycles. The highest BCUT2D eigenvalue weighted by Gasteiger charge is 2.06. The van der Waals surface area contributed by atoms with Crippen molar-refractivity contribution in [2.24, 2.45) is 0 Å². The fraction of sp³-hybridized carbons (Fsp3) is 0.136. The Balaban J connectivity index is 1.70. The molecule has 2 N–H and O–H groups in total. The maximum Gasteiger partial charge on any atom is 0.310 e. The predicted molar refractivity (Wildman–Crippen MR) is 107 cm³/mol. The SMILES string of the molecule is CCOC(=O)Cc1cccc(Sc2ccc(-c3cccc(N)c3)cc2)c1. The van der Waals surface area contributed by atoms with Crippen LogP contribution in [0.2, 0.25) is 0 Å². The van der Waals surface area contributed by atoms with Crippen LogP contribution < -0.4 is 5.73 Å². The van der Waals surface area contributed by atoms with E-state index in [-0.39, 0.29) is 5.97 Å². The first kappa shape index (κ1) is 18.1. The summed E-state index contributed by atoms with van der Waals surface area (Å²) in [5.74, 6) is -0.193. The van der Waals surface area contributed by atoms with Crippen molar-refractivity contribution in [3.8, 4) is 11.1 Å². The average Bonchev–Trinajstić information content (AvgIpc) is 2.63. The number of ether oxygens (including phenoxy) is 1. The molecule has 0 aliphatic carbocycles. The molecule has 0 amide bonds. The van der Waals surface area contributed by atoms with Crippen LogP contribution >= 0.6 is 11.8 Å². The molecule has 3 nitrogen and oxygen atoms in total. The van der Waals surface area contributed by atoms with Gasteiger partial charge in [0.15, 0.2) is 0 Å². The Kier molecular flexibility index (Phi) is 5.97. The molecule has 0 saturated carbocycles. The minimum absolute atomic E-state index is 0.193. The predicted octanol–water partition coefficient (Wildman–Crippen LogP) is 5.19. The molecular formula is C22H21NO2S. The van der Waals surface area contributed by atoms with Crippen molar-refractivity contribution >= 4 is 23.4 Å². The van der Waals surface area contributed by atoms with Gasteiger partial charge < -0.3 is 10.5 Å². The summed E-state index contributed by atoms with van der Waals surface area (Å²) in [6.07, 6.45) is 0.302. The zero-order valence-electron chi connectivity index (χ0n) is 14.6. The van der Waals surface area contributed by atoms with Gasteiger partial charge in [0.05, 0.1) is 13.0 Å². The Morgan fingerprint density at radius 1 is 0.923 bits per heavy atom. The molecule has 0 aliphatic rings. The summed E-state index contributed by atoms with van der Waals surface area (Å²) in [6.45, 7) is 2.23. The van der Waals surface area contributed by atoms with Gasteiger partial charge in [0.2, 0.25) is 0 Å². The molecule has 0 radical (unpaired) electrons. The highest BCUT2D eigenvalue weighted by molar-refractivity contribution is 7.99. The van der Waals surface area contributed by atoms with Gasteiger partial charge in [0, 0.05) is 15.5 Å². The van der Waals surface area contributed by atoms with E-state index in [2.05, 4.69) is 30.3 Å². The lowest BCUT2D eigenvalue weighted by molar-refractivity contribution is -0.142. The second-order valence-corrected chi connectivity index (χ2v) is 7.03. The second-order valence-electron chi connectivity index (χ2n) is 5.88. The standard InChI is InChI=1S/C22H21NO2S/c1-2-25-22(24)14-16-5-3-8-21(13-16)26-20-11-9-17(10-12-20)18-6-4-7-19(23)15-18/h3-13,15H,2,14,23H2,1H3. The van der Waals surface area contributed by atoms with Gasteiger partial charge in [-0.3, -0.25) is 4.79 Å². The van der Waals surface area contributed by atoms with Crippen molar-refractivity contribution < 1.29 is 9.53 Å². The zero-order valence-corrected chi connectivity index (χ0v) is 15.5. The summed E-state index contributed by atoms with van der Waals surface area (Å²) < 4.78 is 5.01. The smallest absolute Gasteiger partial charge is 0.310 e. The van der Waals surface area contributed by atoms with Crippen molar-refractivity contribution in [3.05, 3.63) is 78.4 Å². The van der Waals surface area contributed by atoms with Crippen LogP contribution in [0.5, 0.6) is 0 Å². The summed E-state index contributed by atoms with van der Waals surface area (Å²) in [5, 5.41) is 0. The maximum atomic E-state index is 11.6. The van der Waals surface area contributed by atoms with E-state index in [1.165, 1.54) is 0 Å². The minimum Gasteiger partial charge on any atom is -0.466 e. The first-order chi connectivity index (χ1) is 12.6. The molecule has 26 heavy (non-hydrogen) atoms. The number of nitrogen functional groups attached to an aromatic ring is 1. The lowest BCUT2D eigenvalue weighted by atomic mass is 10.1. The molecule has 3 rings (SSSR count). The van der Waals surface area contributed by atoms with Crippen LogP contribution in [-0.2, 0) is 16.0 Å². The molecule has 0 heterocycles. The zero-order chi connectivity index (χ0) is 18.4. The van der Waals surface area contributed by atoms with Crippen LogP contribution in [0.25, 0.3) is 11.1 Å².